The van der Waals surface area contributed by atoms with Crippen LogP contribution in [0.25, 0.3) is 0 Å². The van der Waals surface area contributed by atoms with Crippen molar-refractivity contribution in [2.75, 3.05) is 31.6 Å². The van der Waals surface area contributed by atoms with Gasteiger partial charge in [-0.05, 0) is 32.4 Å². The molecule has 0 saturated carbocycles. The van der Waals surface area contributed by atoms with Crippen molar-refractivity contribution in [1.29, 1.82) is 0 Å². The highest BCUT2D eigenvalue weighted by molar-refractivity contribution is 7.98. The molecule has 1 saturated heterocycles. The maximum atomic E-state index is 11.8. The molecule has 1 rings (SSSR count). The molecule has 1 amide bonds. The second-order valence-corrected chi connectivity index (χ2v) is 5.09. The van der Waals surface area contributed by atoms with Gasteiger partial charge in [0.2, 0.25) is 5.91 Å². The van der Waals surface area contributed by atoms with Crippen LogP contribution in [0, 0.1) is 0 Å². The molecule has 0 aromatic rings. The van der Waals surface area contributed by atoms with Crippen molar-refractivity contribution >= 4 is 17.7 Å². The van der Waals surface area contributed by atoms with E-state index in [9.17, 15) is 4.79 Å². The van der Waals surface area contributed by atoms with Crippen molar-refractivity contribution < 1.29 is 4.79 Å². The molecule has 1 N–H and O–H groups in total. The number of thioether (sulfide) groups is 1. The first-order valence-electron chi connectivity index (χ1n) is 5.74. The minimum absolute atomic E-state index is 0.266. The normalized spacial score (nSPS) is 18.9. The van der Waals surface area contributed by atoms with Crippen LogP contribution in [0.4, 0.5) is 0 Å². The van der Waals surface area contributed by atoms with Crippen LogP contribution in [0.5, 0.6) is 0 Å². The van der Waals surface area contributed by atoms with Gasteiger partial charge in [0.1, 0.15) is 0 Å². The van der Waals surface area contributed by atoms with E-state index in [0.717, 1.165) is 18.8 Å². The largest absolute Gasteiger partial charge is 0.342 e. The Bertz CT molecular complexity index is 193. The van der Waals surface area contributed by atoms with Crippen molar-refractivity contribution in [3.8, 4) is 0 Å². The van der Waals surface area contributed by atoms with Crippen LogP contribution in [0.2, 0.25) is 0 Å². The zero-order chi connectivity index (χ0) is 11.1. The van der Waals surface area contributed by atoms with Gasteiger partial charge >= 0.3 is 0 Å². The molecule has 1 heterocycles. The quantitative estimate of drug-likeness (QED) is 0.773. The van der Waals surface area contributed by atoms with Gasteiger partial charge in [-0.1, -0.05) is 0 Å². The van der Waals surface area contributed by atoms with Crippen LogP contribution in [-0.4, -0.2) is 48.5 Å². The highest BCUT2D eigenvalue weighted by Gasteiger charge is 2.16. The van der Waals surface area contributed by atoms with Crippen molar-refractivity contribution in [1.82, 2.24) is 10.2 Å². The van der Waals surface area contributed by atoms with Gasteiger partial charge < -0.3 is 10.2 Å². The van der Waals surface area contributed by atoms with Crippen LogP contribution in [0.15, 0.2) is 0 Å². The lowest BCUT2D eigenvalue weighted by Crippen LogP contribution is -2.43. The van der Waals surface area contributed by atoms with Crippen LogP contribution >= 0.6 is 11.8 Å². The summed E-state index contributed by atoms with van der Waals surface area (Å²) in [7, 11) is 0. The molecule has 0 bridgehead atoms. The predicted molar refractivity (Wildman–Crippen MR) is 66.3 cm³/mol. The smallest absolute Gasteiger partial charge is 0.236 e. The van der Waals surface area contributed by atoms with Gasteiger partial charge in [0.15, 0.2) is 0 Å². The van der Waals surface area contributed by atoms with Crippen LogP contribution < -0.4 is 5.32 Å². The summed E-state index contributed by atoms with van der Waals surface area (Å²) in [5, 5.41) is 3.27. The zero-order valence-electron chi connectivity index (χ0n) is 9.79. The van der Waals surface area contributed by atoms with Crippen molar-refractivity contribution in [3.05, 3.63) is 0 Å². The number of rotatable bonds is 5. The monoisotopic (exact) mass is 230 g/mol. The number of amides is 1. The summed E-state index contributed by atoms with van der Waals surface area (Å²) >= 11 is 1.81. The molecule has 1 unspecified atom stereocenters. The summed E-state index contributed by atoms with van der Waals surface area (Å²) in [6.45, 7) is 4.54. The van der Waals surface area contributed by atoms with Crippen molar-refractivity contribution in [2.24, 2.45) is 0 Å². The lowest BCUT2D eigenvalue weighted by Gasteiger charge is -2.27. The fraction of sp³-hybridized carbons (Fsp3) is 0.909. The summed E-state index contributed by atoms with van der Waals surface area (Å²) in [5.74, 6) is 1.33. The minimum Gasteiger partial charge on any atom is -0.342 e. The maximum absolute atomic E-state index is 11.8. The van der Waals surface area contributed by atoms with E-state index in [1.165, 1.54) is 19.3 Å². The molecule has 1 atom stereocenters. The number of piperidine rings is 1. The number of likely N-dealkylation sites (tertiary alicyclic amines) is 1. The molecular weight excluding hydrogens is 208 g/mol. The van der Waals surface area contributed by atoms with Gasteiger partial charge in [-0.15, -0.1) is 0 Å². The van der Waals surface area contributed by atoms with Crippen molar-refractivity contribution in [2.45, 2.75) is 32.2 Å². The second kappa shape index (κ2) is 7.12. The van der Waals surface area contributed by atoms with E-state index in [-0.39, 0.29) is 5.91 Å². The Morgan fingerprint density at radius 1 is 1.40 bits per heavy atom. The molecule has 0 aliphatic carbocycles. The molecule has 0 aromatic heterocycles. The fourth-order valence-electron chi connectivity index (χ4n) is 1.83. The van der Waals surface area contributed by atoms with Crippen LogP contribution in [0.3, 0.4) is 0 Å². The molecule has 88 valence electrons. The van der Waals surface area contributed by atoms with E-state index in [1.54, 1.807) is 0 Å². The molecule has 1 aliphatic heterocycles. The minimum atomic E-state index is 0.266. The van der Waals surface area contributed by atoms with Gasteiger partial charge in [0.25, 0.3) is 0 Å². The molecule has 0 radical (unpaired) electrons. The molecule has 0 spiro atoms. The number of carbonyl (C=O) groups excluding carboxylic acids is 1. The van der Waals surface area contributed by atoms with Gasteiger partial charge in [0.05, 0.1) is 6.54 Å². The Kier molecular flexibility index (Phi) is 6.10. The number of carbonyl (C=O) groups is 1. The van der Waals surface area contributed by atoms with E-state index in [4.69, 9.17) is 0 Å². The van der Waals surface area contributed by atoms with E-state index < -0.39 is 0 Å². The standard InChI is InChI=1S/C11H22N2OS/c1-10(9-15-2)12-8-11(14)13-6-4-3-5-7-13/h10,12H,3-9H2,1-2H3. The number of hydrogen-bond acceptors (Lipinski definition) is 3. The van der Waals surface area contributed by atoms with E-state index in [2.05, 4.69) is 18.5 Å². The first kappa shape index (κ1) is 12.8. The highest BCUT2D eigenvalue weighted by atomic mass is 32.2. The van der Waals surface area contributed by atoms with Crippen molar-refractivity contribution in [3.63, 3.8) is 0 Å². The molecule has 1 aliphatic rings. The lowest BCUT2D eigenvalue weighted by atomic mass is 10.1. The van der Waals surface area contributed by atoms with Gasteiger partial charge in [-0.25, -0.2) is 0 Å². The fourth-order valence-corrected chi connectivity index (χ4v) is 2.44. The van der Waals surface area contributed by atoms with Gasteiger partial charge in [0, 0.05) is 24.9 Å². The Morgan fingerprint density at radius 2 is 2.07 bits per heavy atom. The molecule has 3 nitrogen and oxygen atoms in total. The summed E-state index contributed by atoms with van der Waals surface area (Å²) in [6.07, 6.45) is 5.71. The van der Waals surface area contributed by atoms with E-state index in [0.29, 0.717) is 12.6 Å². The first-order valence-corrected chi connectivity index (χ1v) is 7.13. The number of nitrogens with zero attached hydrogens (tertiary/aromatic N) is 1. The average molecular weight is 230 g/mol. The average Bonchev–Trinajstić information content (AvgIpc) is 2.27. The Labute approximate surface area is 97.0 Å². The summed E-state index contributed by atoms with van der Waals surface area (Å²) < 4.78 is 0. The number of nitrogens with one attached hydrogen (secondary N) is 1. The molecule has 4 heteroatoms. The Morgan fingerprint density at radius 3 is 2.67 bits per heavy atom. The van der Waals surface area contributed by atoms with Gasteiger partial charge in [-0.2, -0.15) is 11.8 Å². The van der Waals surface area contributed by atoms with E-state index in [1.807, 2.05) is 16.7 Å². The SMILES string of the molecule is CSCC(C)NCC(=O)N1CCCCC1. The van der Waals surface area contributed by atoms with E-state index >= 15 is 0 Å². The van der Waals surface area contributed by atoms with Crippen LogP contribution in [-0.2, 0) is 4.79 Å². The third-order valence-electron chi connectivity index (χ3n) is 2.73. The Balaban J connectivity index is 2.16. The van der Waals surface area contributed by atoms with Gasteiger partial charge in [-0.3, -0.25) is 4.79 Å². The topological polar surface area (TPSA) is 32.3 Å². The maximum Gasteiger partial charge on any atom is 0.236 e. The lowest BCUT2D eigenvalue weighted by molar-refractivity contribution is -0.131. The summed E-state index contributed by atoms with van der Waals surface area (Å²) in [6, 6.07) is 0.425. The molecule has 15 heavy (non-hydrogen) atoms. The highest BCUT2D eigenvalue weighted by Crippen LogP contribution is 2.08. The molecule has 1 fully saturated rings. The second-order valence-electron chi connectivity index (χ2n) is 4.18. The molecule has 0 aromatic carbocycles. The first-order chi connectivity index (χ1) is 7.24. The summed E-state index contributed by atoms with van der Waals surface area (Å²) in [4.78, 5) is 13.8. The predicted octanol–water partition coefficient (Wildman–Crippen LogP) is 1.34. The number of hydrogen-bond donors (Lipinski definition) is 1. The zero-order valence-corrected chi connectivity index (χ0v) is 10.6. The van der Waals surface area contributed by atoms with Crippen LogP contribution in [0.1, 0.15) is 26.2 Å². The Hall–Kier alpha value is -0.220. The third-order valence-corrected chi connectivity index (χ3v) is 3.56. The molecular formula is C11H22N2OS. The third kappa shape index (κ3) is 4.89. The summed E-state index contributed by atoms with van der Waals surface area (Å²) in [5.41, 5.74) is 0.